The zero-order valence-electron chi connectivity index (χ0n) is 7.43. The van der Waals surface area contributed by atoms with Crippen LogP contribution in [0.15, 0.2) is 0 Å². The molecule has 78 valence electrons. The lowest BCUT2D eigenvalue weighted by molar-refractivity contribution is -0.119. The lowest BCUT2D eigenvalue weighted by Crippen LogP contribution is -2.29. The molecule has 0 bridgehead atoms. The molecule has 0 spiro atoms. The van der Waals surface area contributed by atoms with Gasteiger partial charge in [0.2, 0.25) is 0 Å². The second-order valence-electron chi connectivity index (χ2n) is 2.73. The van der Waals surface area contributed by atoms with Crippen LogP contribution < -0.4 is 5.32 Å². The second kappa shape index (κ2) is 8.60. The van der Waals surface area contributed by atoms with E-state index in [1.165, 1.54) is 0 Å². The van der Waals surface area contributed by atoms with Crippen LogP contribution in [0, 0.1) is 0 Å². The van der Waals surface area contributed by atoms with Gasteiger partial charge in [-0.15, -0.1) is 0 Å². The summed E-state index contributed by atoms with van der Waals surface area (Å²) in [5, 5.41) is 11.1. The van der Waals surface area contributed by atoms with E-state index in [0.29, 0.717) is 6.54 Å². The molecular weight excluding hydrogens is 213 g/mol. The number of hydrogen-bond acceptors (Lipinski definition) is 2. The van der Waals surface area contributed by atoms with E-state index >= 15 is 0 Å². The Bertz CT molecular complexity index is 142. The summed E-state index contributed by atoms with van der Waals surface area (Å²) in [6.07, 6.45) is 3.70. The van der Waals surface area contributed by atoms with Crippen molar-refractivity contribution in [1.29, 1.82) is 0 Å². The smallest absolute Gasteiger partial charge is 0.253 e. The van der Waals surface area contributed by atoms with Gasteiger partial charge >= 0.3 is 0 Å². The Morgan fingerprint density at radius 3 is 2.38 bits per heavy atom. The van der Waals surface area contributed by atoms with Crippen molar-refractivity contribution in [3.63, 3.8) is 0 Å². The Morgan fingerprint density at radius 2 is 1.85 bits per heavy atom. The number of carbonyl (C=O) groups excluding carboxylic acids is 1. The fourth-order valence-corrected chi connectivity index (χ4v) is 1.03. The van der Waals surface area contributed by atoms with E-state index in [-0.39, 0.29) is 12.5 Å². The van der Waals surface area contributed by atoms with Crippen LogP contribution in [0.25, 0.3) is 0 Å². The van der Waals surface area contributed by atoms with Gasteiger partial charge in [0.1, 0.15) is 0 Å². The van der Waals surface area contributed by atoms with Gasteiger partial charge in [0.05, 0.1) is 0 Å². The van der Waals surface area contributed by atoms with Gasteiger partial charge in [-0.3, -0.25) is 4.79 Å². The maximum Gasteiger partial charge on any atom is 0.253 e. The van der Waals surface area contributed by atoms with E-state index in [0.717, 1.165) is 25.7 Å². The molecule has 0 fully saturated rings. The molecule has 0 aromatic heterocycles. The van der Waals surface area contributed by atoms with Crippen molar-refractivity contribution < 1.29 is 9.90 Å². The van der Waals surface area contributed by atoms with Gasteiger partial charge in [-0.25, -0.2) is 0 Å². The monoisotopic (exact) mass is 227 g/mol. The number of unbranched alkanes of at least 4 members (excludes halogenated alkanes) is 3. The summed E-state index contributed by atoms with van der Waals surface area (Å²) in [5.74, 6) is -0.342. The van der Waals surface area contributed by atoms with Crippen LogP contribution in [0.2, 0.25) is 0 Å². The van der Waals surface area contributed by atoms with Crippen LogP contribution in [0.1, 0.15) is 25.7 Å². The molecule has 0 aromatic carbocycles. The summed E-state index contributed by atoms with van der Waals surface area (Å²) in [4.78, 5) is 9.84. The van der Waals surface area contributed by atoms with E-state index in [1.807, 2.05) is 0 Å². The summed E-state index contributed by atoms with van der Waals surface area (Å²) < 4.78 is 0. The van der Waals surface area contributed by atoms with E-state index in [4.69, 9.17) is 28.3 Å². The number of hydrogen-bond donors (Lipinski definition) is 2. The fourth-order valence-electron chi connectivity index (χ4n) is 0.879. The minimum Gasteiger partial charge on any atom is -0.396 e. The molecule has 5 heteroatoms. The number of aliphatic hydroxyl groups excluding tert-OH is 1. The summed E-state index contributed by atoms with van der Waals surface area (Å²) in [6.45, 7) is 0.831. The maximum absolute atomic E-state index is 10.8. The summed E-state index contributed by atoms with van der Waals surface area (Å²) in [6, 6.07) is 0. The first-order valence-electron chi connectivity index (χ1n) is 4.35. The molecular formula is C8H15Cl2NO2. The number of amides is 1. The van der Waals surface area contributed by atoms with Gasteiger partial charge in [0.15, 0.2) is 4.84 Å². The summed E-state index contributed by atoms with van der Waals surface area (Å²) in [7, 11) is 0. The zero-order valence-corrected chi connectivity index (χ0v) is 8.94. The third kappa shape index (κ3) is 8.34. The van der Waals surface area contributed by atoms with Crippen molar-refractivity contribution in [2.24, 2.45) is 0 Å². The molecule has 2 N–H and O–H groups in total. The Morgan fingerprint density at radius 1 is 1.23 bits per heavy atom. The van der Waals surface area contributed by atoms with Crippen molar-refractivity contribution in [3.05, 3.63) is 0 Å². The van der Waals surface area contributed by atoms with Crippen molar-refractivity contribution in [1.82, 2.24) is 5.32 Å². The number of rotatable bonds is 7. The molecule has 0 aliphatic carbocycles. The van der Waals surface area contributed by atoms with Crippen LogP contribution in [0.3, 0.4) is 0 Å². The molecule has 0 aliphatic rings. The molecule has 0 saturated heterocycles. The van der Waals surface area contributed by atoms with Crippen LogP contribution in [0.5, 0.6) is 0 Å². The highest BCUT2D eigenvalue weighted by Gasteiger charge is 2.08. The van der Waals surface area contributed by atoms with E-state index in [1.54, 1.807) is 0 Å². The number of halogens is 2. The van der Waals surface area contributed by atoms with Gasteiger partial charge in [-0.05, 0) is 12.8 Å². The number of nitrogens with one attached hydrogen (secondary N) is 1. The van der Waals surface area contributed by atoms with Crippen LogP contribution in [-0.4, -0.2) is 29.0 Å². The van der Waals surface area contributed by atoms with Crippen LogP contribution in [0.4, 0.5) is 0 Å². The molecule has 13 heavy (non-hydrogen) atoms. The van der Waals surface area contributed by atoms with Gasteiger partial charge in [-0.1, -0.05) is 36.0 Å². The summed E-state index contributed by atoms with van der Waals surface area (Å²) in [5.41, 5.74) is 0. The highest BCUT2D eigenvalue weighted by molar-refractivity contribution is 6.53. The number of alkyl halides is 2. The Hall–Kier alpha value is 0.01000. The Labute approximate surface area is 88.4 Å². The fraction of sp³-hybridized carbons (Fsp3) is 0.875. The van der Waals surface area contributed by atoms with Crippen molar-refractivity contribution >= 4 is 29.1 Å². The van der Waals surface area contributed by atoms with Crippen LogP contribution >= 0.6 is 23.2 Å². The quantitative estimate of drug-likeness (QED) is 0.512. The van der Waals surface area contributed by atoms with Crippen molar-refractivity contribution in [2.45, 2.75) is 30.5 Å². The van der Waals surface area contributed by atoms with Gasteiger partial charge in [-0.2, -0.15) is 0 Å². The summed E-state index contributed by atoms with van der Waals surface area (Å²) >= 11 is 10.6. The lowest BCUT2D eigenvalue weighted by Gasteiger charge is -2.04. The average molecular weight is 228 g/mol. The Kier molecular flexibility index (Phi) is 8.61. The molecule has 0 heterocycles. The molecule has 1 amide bonds. The standard InChI is InChI=1S/C8H15Cl2NO2/c9-7(10)8(13)11-5-3-1-2-4-6-12/h7,12H,1-6H2,(H,11,13). The first-order chi connectivity index (χ1) is 6.18. The number of aliphatic hydroxyl groups is 1. The molecule has 0 aromatic rings. The molecule has 0 aliphatic heterocycles. The predicted octanol–water partition coefficient (Wildman–Crippen LogP) is 1.46. The largest absolute Gasteiger partial charge is 0.396 e. The van der Waals surface area contributed by atoms with Crippen molar-refractivity contribution in [3.8, 4) is 0 Å². The van der Waals surface area contributed by atoms with E-state index in [9.17, 15) is 4.79 Å². The molecule has 3 nitrogen and oxygen atoms in total. The first kappa shape index (κ1) is 13.0. The molecule has 0 rings (SSSR count). The normalized spacial score (nSPS) is 10.5. The number of carbonyl (C=O) groups is 1. The molecule has 0 unspecified atom stereocenters. The topological polar surface area (TPSA) is 49.3 Å². The maximum atomic E-state index is 10.8. The minimum atomic E-state index is -0.975. The highest BCUT2D eigenvalue weighted by atomic mass is 35.5. The highest BCUT2D eigenvalue weighted by Crippen LogP contribution is 2.01. The van der Waals surface area contributed by atoms with E-state index in [2.05, 4.69) is 5.32 Å². The average Bonchev–Trinajstić information content (AvgIpc) is 2.10. The first-order valence-corrected chi connectivity index (χ1v) is 5.22. The van der Waals surface area contributed by atoms with Crippen LogP contribution in [-0.2, 0) is 4.79 Å². The zero-order chi connectivity index (χ0) is 10.1. The minimum absolute atomic E-state index is 0.234. The van der Waals surface area contributed by atoms with Gasteiger partial charge < -0.3 is 10.4 Å². The molecule has 0 saturated carbocycles. The third-order valence-electron chi connectivity index (χ3n) is 1.58. The van der Waals surface area contributed by atoms with E-state index < -0.39 is 4.84 Å². The Balaban J connectivity index is 3.12. The SMILES string of the molecule is O=C(NCCCCCCO)C(Cl)Cl. The third-order valence-corrected chi connectivity index (χ3v) is 1.98. The predicted molar refractivity (Wildman–Crippen MR) is 54.1 cm³/mol. The lowest BCUT2D eigenvalue weighted by atomic mass is 10.2. The molecule has 0 atom stereocenters. The molecule has 0 radical (unpaired) electrons. The van der Waals surface area contributed by atoms with Gasteiger partial charge in [0.25, 0.3) is 5.91 Å². The van der Waals surface area contributed by atoms with Crippen molar-refractivity contribution in [2.75, 3.05) is 13.2 Å². The van der Waals surface area contributed by atoms with Gasteiger partial charge in [0, 0.05) is 13.2 Å². The second-order valence-corrected chi connectivity index (χ2v) is 3.83.